The van der Waals surface area contributed by atoms with Gasteiger partial charge in [0.1, 0.15) is 5.82 Å². The molecule has 0 saturated carbocycles. The van der Waals surface area contributed by atoms with Gasteiger partial charge in [-0.3, -0.25) is 0 Å². The van der Waals surface area contributed by atoms with Crippen molar-refractivity contribution in [3.8, 4) is 22.4 Å². The number of benzene rings is 2. The van der Waals surface area contributed by atoms with Crippen LogP contribution in [-0.4, -0.2) is 14.6 Å². The summed E-state index contributed by atoms with van der Waals surface area (Å²) in [6.45, 7) is 1.94. The normalized spacial score (nSPS) is 11.1. The molecule has 2 heterocycles. The smallest absolute Gasteiger partial charge is 0.163 e. The maximum Gasteiger partial charge on any atom is 0.163 e. The zero-order valence-corrected chi connectivity index (χ0v) is 13.6. The summed E-state index contributed by atoms with van der Waals surface area (Å²) in [4.78, 5) is 4.50. The molecule has 0 radical (unpaired) electrons. The third kappa shape index (κ3) is 2.45. The van der Waals surface area contributed by atoms with Crippen molar-refractivity contribution < 1.29 is 4.39 Å². The minimum Gasteiger partial charge on any atom is -0.236 e. The molecule has 3 nitrogen and oxygen atoms in total. The van der Waals surface area contributed by atoms with Gasteiger partial charge in [-0.1, -0.05) is 23.7 Å². The van der Waals surface area contributed by atoms with Crippen LogP contribution in [0.2, 0.25) is 5.02 Å². The first kappa shape index (κ1) is 14.8. The average molecular weight is 338 g/mol. The van der Waals surface area contributed by atoms with Crippen LogP contribution in [0.5, 0.6) is 0 Å². The molecule has 0 unspecified atom stereocenters. The van der Waals surface area contributed by atoms with Gasteiger partial charge in [-0.2, -0.15) is 5.10 Å². The summed E-state index contributed by atoms with van der Waals surface area (Å²) in [6.07, 6.45) is 1.74. The number of rotatable bonds is 2. The zero-order chi connectivity index (χ0) is 16.7. The van der Waals surface area contributed by atoms with Gasteiger partial charge in [0.05, 0.1) is 11.4 Å². The van der Waals surface area contributed by atoms with Crippen LogP contribution in [0.1, 0.15) is 5.69 Å². The van der Waals surface area contributed by atoms with Crippen molar-refractivity contribution in [3.05, 3.63) is 77.3 Å². The number of nitrogens with zero attached hydrogens (tertiary/aromatic N) is 3. The summed E-state index contributed by atoms with van der Waals surface area (Å²) in [6, 6.07) is 15.9. The van der Waals surface area contributed by atoms with Crippen molar-refractivity contribution in [2.75, 3.05) is 0 Å². The van der Waals surface area contributed by atoms with Crippen LogP contribution in [0.3, 0.4) is 0 Å². The van der Waals surface area contributed by atoms with Gasteiger partial charge in [0.2, 0.25) is 0 Å². The van der Waals surface area contributed by atoms with E-state index in [1.165, 1.54) is 12.1 Å². The molecule has 0 atom stereocenters. The van der Waals surface area contributed by atoms with E-state index in [0.717, 1.165) is 33.7 Å². The first-order valence-electron chi connectivity index (χ1n) is 7.50. The lowest BCUT2D eigenvalue weighted by Gasteiger charge is -2.05. The van der Waals surface area contributed by atoms with Gasteiger partial charge in [-0.05, 0) is 55.0 Å². The van der Waals surface area contributed by atoms with Gasteiger partial charge in [0.15, 0.2) is 5.65 Å². The Labute approximate surface area is 143 Å². The molecule has 0 aliphatic heterocycles. The third-order valence-electron chi connectivity index (χ3n) is 3.95. The number of hydrogen-bond donors (Lipinski definition) is 0. The Hall–Kier alpha value is -2.72. The monoisotopic (exact) mass is 337 g/mol. The van der Waals surface area contributed by atoms with Crippen molar-refractivity contribution in [3.63, 3.8) is 0 Å². The first-order valence-corrected chi connectivity index (χ1v) is 7.87. The molecule has 0 bridgehead atoms. The summed E-state index contributed by atoms with van der Waals surface area (Å²) in [7, 11) is 0. The fourth-order valence-corrected chi connectivity index (χ4v) is 3.06. The predicted octanol–water partition coefficient (Wildman–Crippen LogP) is 5.16. The second kappa shape index (κ2) is 5.73. The second-order valence-corrected chi connectivity index (χ2v) is 5.98. The summed E-state index contributed by atoms with van der Waals surface area (Å²) in [5, 5.41) is 5.30. The standard InChI is InChI=1S/C19H13ClFN3/c1-12-18(14-3-2-4-15(20)11-14)19-22-10-9-17(24(19)23-12)13-5-7-16(21)8-6-13/h2-11H,1H3. The van der Waals surface area contributed by atoms with E-state index in [4.69, 9.17) is 11.6 Å². The van der Waals surface area contributed by atoms with Crippen LogP contribution >= 0.6 is 11.6 Å². The lowest BCUT2D eigenvalue weighted by atomic mass is 10.1. The minimum atomic E-state index is -0.264. The van der Waals surface area contributed by atoms with E-state index in [2.05, 4.69) is 10.1 Å². The number of halogens is 2. The molecule has 2 aromatic heterocycles. The maximum atomic E-state index is 13.2. The molecule has 0 aliphatic rings. The van der Waals surface area contributed by atoms with Crippen LogP contribution in [-0.2, 0) is 0 Å². The Morgan fingerprint density at radius 3 is 2.54 bits per heavy atom. The Balaban J connectivity index is 1.97. The molecule has 4 rings (SSSR count). The first-order chi connectivity index (χ1) is 11.6. The molecular weight excluding hydrogens is 325 g/mol. The van der Waals surface area contributed by atoms with Crippen LogP contribution in [0, 0.1) is 12.7 Å². The molecule has 118 valence electrons. The maximum absolute atomic E-state index is 13.2. The number of aryl methyl sites for hydroxylation is 1. The van der Waals surface area contributed by atoms with Gasteiger partial charge in [-0.15, -0.1) is 0 Å². The van der Waals surface area contributed by atoms with Crippen molar-refractivity contribution >= 4 is 17.2 Å². The zero-order valence-electron chi connectivity index (χ0n) is 12.9. The average Bonchev–Trinajstić information content (AvgIpc) is 2.91. The van der Waals surface area contributed by atoms with E-state index in [1.807, 2.05) is 37.3 Å². The van der Waals surface area contributed by atoms with Crippen molar-refractivity contribution in [2.24, 2.45) is 0 Å². The van der Waals surface area contributed by atoms with Gasteiger partial charge in [0, 0.05) is 22.3 Å². The fraction of sp³-hybridized carbons (Fsp3) is 0.0526. The highest BCUT2D eigenvalue weighted by Crippen LogP contribution is 2.31. The molecular formula is C19H13ClFN3. The molecule has 0 amide bonds. The van der Waals surface area contributed by atoms with E-state index < -0.39 is 0 Å². The van der Waals surface area contributed by atoms with Crippen LogP contribution in [0.15, 0.2) is 60.8 Å². The Morgan fingerprint density at radius 2 is 1.79 bits per heavy atom. The quantitative estimate of drug-likeness (QED) is 0.505. The van der Waals surface area contributed by atoms with Gasteiger partial charge in [-0.25, -0.2) is 13.9 Å². The highest BCUT2D eigenvalue weighted by atomic mass is 35.5. The lowest BCUT2D eigenvalue weighted by molar-refractivity contribution is 0.628. The van der Waals surface area contributed by atoms with Crippen LogP contribution in [0.25, 0.3) is 28.0 Å². The van der Waals surface area contributed by atoms with E-state index in [9.17, 15) is 4.39 Å². The molecule has 4 aromatic rings. The number of fused-ring (bicyclic) bond motifs is 1. The number of hydrogen-bond acceptors (Lipinski definition) is 2. The molecule has 0 aliphatic carbocycles. The largest absolute Gasteiger partial charge is 0.236 e. The highest BCUT2D eigenvalue weighted by molar-refractivity contribution is 6.30. The van der Waals surface area contributed by atoms with Crippen LogP contribution in [0.4, 0.5) is 4.39 Å². The van der Waals surface area contributed by atoms with Gasteiger partial charge >= 0.3 is 0 Å². The summed E-state index contributed by atoms with van der Waals surface area (Å²) in [5.74, 6) is -0.264. The van der Waals surface area contributed by atoms with E-state index in [-0.39, 0.29) is 5.82 Å². The fourth-order valence-electron chi connectivity index (χ4n) is 2.87. The predicted molar refractivity (Wildman–Crippen MR) is 93.6 cm³/mol. The Kier molecular flexibility index (Phi) is 3.54. The van der Waals surface area contributed by atoms with Gasteiger partial charge < -0.3 is 0 Å². The Morgan fingerprint density at radius 1 is 1.00 bits per heavy atom. The molecule has 0 spiro atoms. The van der Waals surface area contributed by atoms with E-state index >= 15 is 0 Å². The van der Waals surface area contributed by atoms with E-state index in [0.29, 0.717) is 5.02 Å². The molecule has 5 heteroatoms. The topological polar surface area (TPSA) is 30.2 Å². The lowest BCUT2D eigenvalue weighted by Crippen LogP contribution is -1.96. The van der Waals surface area contributed by atoms with Gasteiger partial charge in [0.25, 0.3) is 0 Å². The Bertz CT molecular complexity index is 1040. The van der Waals surface area contributed by atoms with Crippen molar-refractivity contribution in [1.29, 1.82) is 0 Å². The third-order valence-corrected chi connectivity index (χ3v) is 4.18. The molecule has 0 fully saturated rings. The van der Waals surface area contributed by atoms with E-state index in [1.54, 1.807) is 22.8 Å². The minimum absolute atomic E-state index is 0.264. The summed E-state index contributed by atoms with van der Waals surface area (Å²) < 4.78 is 15.0. The second-order valence-electron chi connectivity index (χ2n) is 5.54. The molecule has 0 N–H and O–H groups in total. The SMILES string of the molecule is Cc1nn2c(-c3ccc(F)cc3)ccnc2c1-c1cccc(Cl)c1. The summed E-state index contributed by atoms with van der Waals surface area (Å²) in [5.41, 5.74) is 5.26. The molecule has 0 saturated heterocycles. The highest BCUT2D eigenvalue weighted by Gasteiger charge is 2.15. The van der Waals surface area contributed by atoms with Crippen molar-refractivity contribution in [1.82, 2.24) is 14.6 Å². The summed E-state index contributed by atoms with van der Waals surface area (Å²) >= 11 is 6.12. The van der Waals surface area contributed by atoms with Crippen molar-refractivity contribution in [2.45, 2.75) is 6.92 Å². The van der Waals surface area contributed by atoms with Crippen LogP contribution < -0.4 is 0 Å². The molecule has 2 aromatic carbocycles. The number of aromatic nitrogens is 3. The molecule has 24 heavy (non-hydrogen) atoms.